The van der Waals surface area contributed by atoms with Gasteiger partial charge in [0.2, 0.25) is 0 Å². The van der Waals surface area contributed by atoms with Crippen LogP contribution in [0, 0.1) is 10.1 Å². The van der Waals surface area contributed by atoms with Gasteiger partial charge in [0.1, 0.15) is 5.69 Å². The first-order valence-electron chi connectivity index (χ1n) is 7.17. The zero-order chi connectivity index (χ0) is 17.1. The minimum Gasteiger partial charge on any atom is -0.398 e. The van der Waals surface area contributed by atoms with E-state index in [0.717, 1.165) is 0 Å². The highest BCUT2D eigenvalue weighted by molar-refractivity contribution is 6.13. The van der Waals surface area contributed by atoms with Gasteiger partial charge in [0.15, 0.2) is 5.78 Å². The highest BCUT2D eigenvalue weighted by atomic mass is 16.6. The second-order valence-corrected chi connectivity index (χ2v) is 5.09. The molecule has 0 aliphatic heterocycles. The third-order valence-corrected chi connectivity index (χ3v) is 3.62. The number of rotatable bonds is 4. The van der Waals surface area contributed by atoms with Crippen molar-refractivity contribution < 1.29 is 9.72 Å². The van der Waals surface area contributed by atoms with Crippen LogP contribution in [0.5, 0.6) is 0 Å². The maximum atomic E-state index is 12.6. The van der Waals surface area contributed by atoms with E-state index in [1.54, 1.807) is 42.5 Å². The molecule has 1 aromatic heterocycles. The zero-order valence-corrected chi connectivity index (χ0v) is 12.5. The summed E-state index contributed by atoms with van der Waals surface area (Å²) in [5.74, 6) is -0.242. The van der Waals surface area contributed by atoms with Crippen LogP contribution in [-0.4, -0.2) is 15.7 Å². The summed E-state index contributed by atoms with van der Waals surface area (Å²) in [6.45, 7) is 0. The highest BCUT2D eigenvalue weighted by Crippen LogP contribution is 2.33. The van der Waals surface area contributed by atoms with E-state index in [1.165, 1.54) is 18.3 Å². The standard InChI is InChI=1S/C18H13N3O3/c19-16-13(17-15(21(23)24)10-5-11-20-17)8-4-9-14(16)18(22)12-6-2-1-3-7-12/h1-11H,19H2. The molecule has 3 rings (SSSR count). The van der Waals surface area contributed by atoms with Crippen molar-refractivity contribution in [3.63, 3.8) is 0 Å². The minimum atomic E-state index is -0.520. The number of aromatic nitrogens is 1. The third-order valence-electron chi connectivity index (χ3n) is 3.62. The molecule has 0 bridgehead atoms. The lowest BCUT2D eigenvalue weighted by atomic mass is 9.97. The molecule has 0 fully saturated rings. The summed E-state index contributed by atoms with van der Waals surface area (Å²) in [5.41, 5.74) is 7.45. The van der Waals surface area contributed by atoms with Crippen LogP contribution in [0.2, 0.25) is 0 Å². The Balaban J connectivity index is 2.14. The van der Waals surface area contributed by atoms with E-state index in [0.29, 0.717) is 16.7 Å². The van der Waals surface area contributed by atoms with Gasteiger partial charge in [0.25, 0.3) is 5.69 Å². The number of carbonyl (C=O) groups is 1. The molecule has 0 spiro atoms. The predicted octanol–water partition coefficient (Wildman–Crippen LogP) is 3.47. The number of para-hydroxylation sites is 1. The lowest BCUT2D eigenvalue weighted by Gasteiger charge is -2.10. The average molecular weight is 319 g/mol. The number of nitrogens with two attached hydrogens (primary N) is 1. The molecule has 6 nitrogen and oxygen atoms in total. The summed E-state index contributed by atoms with van der Waals surface area (Å²) in [6, 6.07) is 16.4. The van der Waals surface area contributed by atoms with E-state index in [1.807, 2.05) is 6.07 Å². The third kappa shape index (κ3) is 2.72. The normalized spacial score (nSPS) is 10.3. The van der Waals surface area contributed by atoms with E-state index in [4.69, 9.17) is 5.73 Å². The molecule has 0 radical (unpaired) electrons. The Morgan fingerprint density at radius 3 is 2.46 bits per heavy atom. The van der Waals surface area contributed by atoms with Crippen molar-refractivity contribution in [3.05, 3.63) is 88.1 Å². The summed E-state index contributed by atoms with van der Waals surface area (Å²) in [6.07, 6.45) is 1.45. The molecular weight excluding hydrogens is 306 g/mol. The smallest absolute Gasteiger partial charge is 0.295 e. The van der Waals surface area contributed by atoms with Gasteiger partial charge in [-0.2, -0.15) is 0 Å². The molecule has 3 aromatic rings. The number of hydrogen-bond acceptors (Lipinski definition) is 5. The lowest BCUT2D eigenvalue weighted by molar-refractivity contribution is -0.384. The van der Waals surface area contributed by atoms with Crippen LogP contribution in [0.4, 0.5) is 11.4 Å². The fraction of sp³-hybridized carbons (Fsp3) is 0. The van der Waals surface area contributed by atoms with Gasteiger partial charge in [-0.25, -0.2) is 4.98 Å². The summed E-state index contributed by atoms with van der Waals surface area (Å²) < 4.78 is 0. The number of hydrogen-bond donors (Lipinski definition) is 1. The molecule has 2 aromatic carbocycles. The van der Waals surface area contributed by atoms with Crippen molar-refractivity contribution in [1.29, 1.82) is 0 Å². The van der Waals surface area contributed by atoms with Gasteiger partial charge in [0.05, 0.1) is 10.6 Å². The first-order valence-corrected chi connectivity index (χ1v) is 7.17. The molecule has 0 atom stereocenters. The quantitative estimate of drug-likeness (QED) is 0.343. The number of ketones is 1. The largest absolute Gasteiger partial charge is 0.398 e. The van der Waals surface area contributed by atoms with Crippen LogP contribution in [0.1, 0.15) is 15.9 Å². The lowest BCUT2D eigenvalue weighted by Crippen LogP contribution is -2.07. The average Bonchev–Trinajstić information content (AvgIpc) is 2.62. The second kappa shape index (κ2) is 6.29. The maximum Gasteiger partial charge on any atom is 0.295 e. The summed E-state index contributed by atoms with van der Waals surface area (Å²) in [5, 5.41) is 11.2. The SMILES string of the molecule is Nc1c(C(=O)c2ccccc2)cccc1-c1ncccc1[N+](=O)[O-]. The fourth-order valence-electron chi connectivity index (χ4n) is 2.47. The molecule has 118 valence electrons. The summed E-state index contributed by atoms with van der Waals surface area (Å²) in [7, 11) is 0. The first-order chi connectivity index (χ1) is 11.6. The Morgan fingerprint density at radius 2 is 1.75 bits per heavy atom. The molecule has 0 aliphatic rings. The van der Waals surface area contributed by atoms with Gasteiger partial charge >= 0.3 is 0 Å². The molecule has 0 unspecified atom stereocenters. The van der Waals surface area contributed by atoms with E-state index < -0.39 is 4.92 Å². The summed E-state index contributed by atoms with van der Waals surface area (Å²) >= 11 is 0. The Morgan fingerprint density at radius 1 is 1.00 bits per heavy atom. The number of benzene rings is 2. The van der Waals surface area contributed by atoms with E-state index in [-0.39, 0.29) is 22.9 Å². The molecular formula is C18H13N3O3. The van der Waals surface area contributed by atoms with Crippen LogP contribution < -0.4 is 5.73 Å². The van der Waals surface area contributed by atoms with Crippen LogP contribution in [0.3, 0.4) is 0 Å². The summed E-state index contributed by atoms with van der Waals surface area (Å²) in [4.78, 5) is 27.4. The fourth-order valence-corrected chi connectivity index (χ4v) is 2.47. The number of anilines is 1. The molecule has 0 amide bonds. The van der Waals surface area contributed by atoms with Crippen molar-refractivity contribution in [2.45, 2.75) is 0 Å². The maximum absolute atomic E-state index is 12.6. The monoisotopic (exact) mass is 319 g/mol. The van der Waals surface area contributed by atoms with Gasteiger partial charge in [-0.1, -0.05) is 42.5 Å². The Kier molecular flexibility index (Phi) is 4.03. The van der Waals surface area contributed by atoms with Crippen LogP contribution >= 0.6 is 0 Å². The van der Waals surface area contributed by atoms with Gasteiger partial charge < -0.3 is 5.73 Å². The van der Waals surface area contributed by atoms with Crippen molar-refractivity contribution in [3.8, 4) is 11.3 Å². The first kappa shape index (κ1) is 15.4. The Labute approximate surface area is 137 Å². The molecule has 2 N–H and O–H groups in total. The molecule has 0 aliphatic carbocycles. The van der Waals surface area contributed by atoms with Crippen LogP contribution in [0.15, 0.2) is 66.9 Å². The molecule has 1 heterocycles. The number of nitrogens with zero attached hydrogens (tertiary/aromatic N) is 2. The minimum absolute atomic E-state index is 0.141. The van der Waals surface area contributed by atoms with Crippen LogP contribution in [0.25, 0.3) is 11.3 Å². The van der Waals surface area contributed by atoms with Crippen molar-refractivity contribution >= 4 is 17.2 Å². The van der Waals surface area contributed by atoms with Crippen molar-refractivity contribution in [2.75, 3.05) is 5.73 Å². The van der Waals surface area contributed by atoms with Gasteiger partial charge in [-0.3, -0.25) is 14.9 Å². The molecule has 6 heteroatoms. The van der Waals surface area contributed by atoms with Crippen molar-refractivity contribution in [1.82, 2.24) is 4.98 Å². The number of nitrogen functional groups attached to an aromatic ring is 1. The number of nitro groups is 1. The highest BCUT2D eigenvalue weighted by Gasteiger charge is 2.21. The predicted molar refractivity (Wildman–Crippen MR) is 90.6 cm³/mol. The number of carbonyl (C=O) groups excluding carboxylic acids is 1. The van der Waals surface area contributed by atoms with E-state index in [2.05, 4.69) is 4.98 Å². The van der Waals surface area contributed by atoms with E-state index in [9.17, 15) is 14.9 Å². The molecule has 24 heavy (non-hydrogen) atoms. The van der Waals surface area contributed by atoms with Crippen LogP contribution in [-0.2, 0) is 0 Å². The van der Waals surface area contributed by atoms with Gasteiger partial charge in [-0.05, 0) is 12.1 Å². The molecule has 0 saturated carbocycles. The Bertz CT molecular complexity index is 924. The molecule has 0 saturated heterocycles. The topological polar surface area (TPSA) is 99.1 Å². The van der Waals surface area contributed by atoms with E-state index >= 15 is 0 Å². The van der Waals surface area contributed by atoms with Gasteiger partial charge in [0, 0.05) is 29.0 Å². The van der Waals surface area contributed by atoms with Gasteiger partial charge in [-0.15, -0.1) is 0 Å². The number of pyridine rings is 1. The van der Waals surface area contributed by atoms with Crippen molar-refractivity contribution in [2.24, 2.45) is 0 Å². The zero-order valence-electron chi connectivity index (χ0n) is 12.5. The second-order valence-electron chi connectivity index (χ2n) is 5.09. The Hall–Kier alpha value is -3.54.